The van der Waals surface area contributed by atoms with Gasteiger partial charge in [-0.3, -0.25) is 9.59 Å². The third-order valence-corrected chi connectivity index (χ3v) is 5.78. The second-order valence-electron chi connectivity index (χ2n) is 7.88. The molecule has 0 aliphatic heterocycles. The Bertz CT molecular complexity index is 345. The van der Waals surface area contributed by atoms with Gasteiger partial charge in [-0.1, -0.05) is 51.4 Å². The van der Waals surface area contributed by atoms with Crippen LogP contribution in [-0.2, 0) is 19.1 Å². The van der Waals surface area contributed by atoms with Gasteiger partial charge in [-0.15, -0.1) is 0 Å². The first kappa shape index (κ1) is 20.3. The summed E-state index contributed by atoms with van der Waals surface area (Å²) >= 11 is 0. The highest BCUT2D eigenvalue weighted by atomic mass is 16.5. The van der Waals surface area contributed by atoms with Crippen LogP contribution in [0.15, 0.2) is 0 Å². The van der Waals surface area contributed by atoms with Crippen molar-refractivity contribution in [3.63, 3.8) is 0 Å². The highest BCUT2D eigenvalue weighted by Crippen LogP contribution is 2.29. The van der Waals surface area contributed by atoms with Gasteiger partial charge in [-0.25, -0.2) is 0 Å². The second-order valence-corrected chi connectivity index (χ2v) is 7.88. The lowest BCUT2D eigenvalue weighted by molar-refractivity contribution is -0.144. The fraction of sp³-hybridized carbons (Fsp3) is 0.905. The lowest BCUT2D eigenvalue weighted by atomic mass is 10.0. The van der Waals surface area contributed by atoms with Gasteiger partial charge in [0.05, 0.1) is 13.2 Å². The zero-order valence-corrected chi connectivity index (χ0v) is 15.8. The summed E-state index contributed by atoms with van der Waals surface area (Å²) in [6.07, 6.45) is 16.2. The van der Waals surface area contributed by atoms with Crippen LogP contribution in [0.4, 0.5) is 0 Å². The molecule has 2 aliphatic rings. The normalized spacial score (nSPS) is 18.6. The first-order chi connectivity index (χ1) is 12.2. The van der Waals surface area contributed by atoms with Gasteiger partial charge in [0, 0.05) is 12.8 Å². The van der Waals surface area contributed by atoms with Crippen LogP contribution in [0.25, 0.3) is 0 Å². The molecular formula is C21H36O4. The van der Waals surface area contributed by atoms with Crippen molar-refractivity contribution >= 4 is 11.9 Å². The van der Waals surface area contributed by atoms with E-state index in [9.17, 15) is 9.59 Å². The van der Waals surface area contributed by atoms with E-state index in [1.165, 1.54) is 51.4 Å². The molecule has 0 N–H and O–H groups in total. The topological polar surface area (TPSA) is 52.6 Å². The molecule has 2 rings (SSSR count). The zero-order valence-electron chi connectivity index (χ0n) is 15.8. The summed E-state index contributed by atoms with van der Waals surface area (Å²) in [6.45, 7) is 0.998. The van der Waals surface area contributed by atoms with E-state index in [1.54, 1.807) is 0 Å². The van der Waals surface area contributed by atoms with Crippen molar-refractivity contribution in [2.45, 2.75) is 96.3 Å². The van der Waals surface area contributed by atoms with Crippen LogP contribution in [-0.4, -0.2) is 25.2 Å². The molecule has 4 heteroatoms. The average Bonchev–Trinajstić information content (AvgIpc) is 3.30. The molecular weight excluding hydrogens is 316 g/mol. The van der Waals surface area contributed by atoms with Gasteiger partial charge in [-0.05, 0) is 43.9 Å². The predicted octanol–water partition coefficient (Wildman–Crippen LogP) is 5.18. The van der Waals surface area contributed by atoms with Crippen molar-refractivity contribution in [2.24, 2.45) is 11.8 Å². The second kappa shape index (κ2) is 12.3. The van der Waals surface area contributed by atoms with Crippen LogP contribution in [0.5, 0.6) is 0 Å². The van der Waals surface area contributed by atoms with Crippen LogP contribution in [0.1, 0.15) is 96.3 Å². The van der Waals surface area contributed by atoms with E-state index in [4.69, 9.17) is 9.47 Å². The predicted molar refractivity (Wildman–Crippen MR) is 98.2 cm³/mol. The molecule has 2 saturated carbocycles. The van der Waals surface area contributed by atoms with Gasteiger partial charge in [0.15, 0.2) is 0 Å². The Hall–Kier alpha value is -1.06. The molecule has 0 saturated heterocycles. The van der Waals surface area contributed by atoms with Crippen LogP contribution in [0, 0.1) is 11.8 Å². The first-order valence-electron chi connectivity index (χ1n) is 10.6. The highest BCUT2D eigenvalue weighted by molar-refractivity contribution is 5.69. The number of rotatable bonds is 12. The Morgan fingerprint density at radius 3 is 1.44 bits per heavy atom. The van der Waals surface area contributed by atoms with Crippen molar-refractivity contribution in [3.8, 4) is 0 Å². The summed E-state index contributed by atoms with van der Waals surface area (Å²) in [6, 6.07) is 0. The SMILES string of the molecule is O=C(CCC1CCCC1)OCCCCCOC(=O)CCC1CCCC1. The molecule has 144 valence electrons. The van der Waals surface area contributed by atoms with Gasteiger partial charge < -0.3 is 9.47 Å². The number of carbonyl (C=O) groups excluding carboxylic acids is 2. The molecule has 0 aromatic carbocycles. The number of esters is 2. The van der Waals surface area contributed by atoms with E-state index >= 15 is 0 Å². The molecule has 0 atom stereocenters. The minimum atomic E-state index is -0.0507. The number of hydrogen-bond donors (Lipinski definition) is 0. The Morgan fingerprint density at radius 2 is 1.04 bits per heavy atom. The Balaban J connectivity index is 1.34. The molecule has 2 aliphatic carbocycles. The summed E-state index contributed by atoms with van der Waals surface area (Å²) in [7, 11) is 0. The Kier molecular flexibility index (Phi) is 9.98. The maximum atomic E-state index is 11.7. The third kappa shape index (κ3) is 9.27. The van der Waals surface area contributed by atoms with E-state index in [0.29, 0.717) is 26.1 Å². The maximum absolute atomic E-state index is 11.7. The van der Waals surface area contributed by atoms with Crippen molar-refractivity contribution in [3.05, 3.63) is 0 Å². The van der Waals surface area contributed by atoms with Gasteiger partial charge in [0.1, 0.15) is 0 Å². The van der Waals surface area contributed by atoms with Gasteiger partial charge in [0.2, 0.25) is 0 Å². The van der Waals surface area contributed by atoms with Gasteiger partial charge >= 0.3 is 11.9 Å². The minimum Gasteiger partial charge on any atom is -0.466 e. The molecule has 0 amide bonds. The third-order valence-electron chi connectivity index (χ3n) is 5.78. The van der Waals surface area contributed by atoms with Crippen molar-refractivity contribution in [2.75, 3.05) is 13.2 Å². The fourth-order valence-corrected chi connectivity index (χ4v) is 4.14. The van der Waals surface area contributed by atoms with Gasteiger partial charge in [0.25, 0.3) is 0 Å². The Morgan fingerprint density at radius 1 is 0.640 bits per heavy atom. The number of hydrogen-bond acceptors (Lipinski definition) is 4. The van der Waals surface area contributed by atoms with E-state index < -0.39 is 0 Å². The standard InChI is InChI=1S/C21H36O4/c22-20(14-12-18-8-2-3-9-18)24-16-6-1-7-17-25-21(23)15-13-19-10-4-5-11-19/h18-19H,1-17H2. The summed E-state index contributed by atoms with van der Waals surface area (Å²) in [5, 5.41) is 0. The van der Waals surface area contributed by atoms with E-state index in [1.807, 2.05) is 0 Å². The van der Waals surface area contributed by atoms with E-state index in [0.717, 1.165) is 43.9 Å². The van der Waals surface area contributed by atoms with Crippen LogP contribution < -0.4 is 0 Å². The van der Waals surface area contributed by atoms with Crippen molar-refractivity contribution < 1.29 is 19.1 Å². The summed E-state index contributed by atoms with van der Waals surface area (Å²) < 4.78 is 10.6. The quantitative estimate of drug-likeness (QED) is 0.358. The lowest BCUT2D eigenvalue weighted by Crippen LogP contribution is -2.09. The highest BCUT2D eigenvalue weighted by Gasteiger charge is 2.17. The molecule has 2 fully saturated rings. The summed E-state index contributed by atoms with van der Waals surface area (Å²) in [4.78, 5) is 23.3. The Labute approximate surface area is 153 Å². The maximum Gasteiger partial charge on any atom is 0.305 e. The molecule has 4 nitrogen and oxygen atoms in total. The average molecular weight is 353 g/mol. The summed E-state index contributed by atoms with van der Waals surface area (Å²) in [5.74, 6) is 1.39. The van der Waals surface area contributed by atoms with Crippen LogP contribution in [0.3, 0.4) is 0 Å². The number of unbranched alkanes of at least 4 members (excludes halogenated alkanes) is 2. The number of carbonyl (C=O) groups is 2. The van der Waals surface area contributed by atoms with E-state index in [-0.39, 0.29) is 11.9 Å². The molecule has 0 heterocycles. The van der Waals surface area contributed by atoms with Crippen LogP contribution >= 0.6 is 0 Å². The molecule has 0 aromatic rings. The molecule has 25 heavy (non-hydrogen) atoms. The lowest BCUT2D eigenvalue weighted by Gasteiger charge is -2.09. The smallest absolute Gasteiger partial charge is 0.305 e. The first-order valence-corrected chi connectivity index (χ1v) is 10.6. The molecule has 0 bridgehead atoms. The van der Waals surface area contributed by atoms with Crippen molar-refractivity contribution in [1.29, 1.82) is 0 Å². The molecule has 0 spiro atoms. The van der Waals surface area contributed by atoms with Crippen molar-refractivity contribution in [1.82, 2.24) is 0 Å². The zero-order chi connectivity index (χ0) is 17.7. The summed E-state index contributed by atoms with van der Waals surface area (Å²) in [5.41, 5.74) is 0. The van der Waals surface area contributed by atoms with E-state index in [2.05, 4.69) is 0 Å². The fourth-order valence-electron chi connectivity index (χ4n) is 4.14. The number of ether oxygens (including phenoxy) is 2. The molecule has 0 unspecified atom stereocenters. The monoisotopic (exact) mass is 352 g/mol. The minimum absolute atomic E-state index is 0.0507. The molecule has 0 aromatic heterocycles. The molecule has 0 radical (unpaired) electrons. The largest absolute Gasteiger partial charge is 0.466 e. The van der Waals surface area contributed by atoms with Gasteiger partial charge in [-0.2, -0.15) is 0 Å². The van der Waals surface area contributed by atoms with Crippen LogP contribution in [0.2, 0.25) is 0 Å².